The first kappa shape index (κ1) is 46.4. The second kappa shape index (κ2) is 20.3. The molecular formula is C43H55N4O11S2+. The fourth-order valence-electron chi connectivity index (χ4n) is 7.82. The van der Waals surface area contributed by atoms with E-state index in [0.29, 0.717) is 37.4 Å². The number of benzene rings is 2. The molecule has 3 heterocycles. The summed E-state index contributed by atoms with van der Waals surface area (Å²) in [7, 11) is -1.42. The van der Waals surface area contributed by atoms with Crippen LogP contribution in [0, 0.1) is 0 Å². The fourth-order valence-corrected chi connectivity index (χ4v) is 8.78. The van der Waals surface area contributed by atoms with Crippen LogP contribution >= 0.6 is 12.0 Å². The maximum absolute atomic E-state index is 12.4. The first-order valence-electron chi connectivity index (χ1n) is 20.1. The van der Waals surface area contributed by atoms with Crippen molar-refractivity contribution in [3.63, 3.8) is 0 Å². The van der Waals surface area contributed by atoms with Crippen molar-refractivity contribution in [3.05, 3.63) is 83.6 Å². The van der Waals surface area contributed by atoms with Crippen molar-refractivity contribution in [2.75, 3.05) is 32.1 Å². The number of anilines is 1. The van der Waals surface area contributed by atoms with E-state index in [1.807, 2.05) is 50.3 Å². The third-order valence-corrected chi connectivity index (χ3v) is 12.4. The van der Waals surface area contributed by atoms with Crippen molar-refractivity contribution in [2.24, 2.45) is 0 Å². The number of carbonyl (C=O) groups excluding carboxylic acids is 4. The number of nitrogens with zero attached hydrogens (tertiary/aromatic N) is 3. The minimum absolute atomic E-state index is 0.00417. The Hall–Kier alpha value is -4.65. The number of hydroxylamine groups is 2. The van der Waals surface area contributed by atoms with Gasteiger partial charge in [-0.1, -0.05) is 43.5 Å². The van der Waals surface area contributed by atoms with Gasteiger partial charge in [0.1, 0.15) is 6.54 Å². The van der Waals surface area contributed by atoms with Gasteiger partial charge in [0.15, 0.2) is 5.71 Å². The predicted octanol–water partition coefficient (Wildman–Crippen LogP) is 7.09. The fraction of sp³-hybridized carbons (Fsp3) is 0.465. The van der Waals surface area contributed by atoms with Gasteiger partial charge in [0.2, 0.25) is 11.6 Å². The van der Waals surface area contributed by atoms with Crippen LogP contribution in [-0.4, -0.2) is 79.3 Å². The van der Waals surface area contributed by atoms with E-state index in [0.717, 1.165) is 76.5 Å². The maximum Gasteiger partial charge on any atom is 0.333 e. The summed E-state index contributed by atoms with van der Waals surface area (Å²) in [5, 5.41) is 7.84. The highest BCUT2D eigenvalue weighted by Gasteiger charge is 2.44. The molecule has 17 heteroatoms. The Balaban J connectivity index is 1.35. The molecule has 15 nitrogen and oxygen atoms in total. The standard InChI is InChI=1S/C43H54N4O11S2/c1-42(2)32-28-30(59-58-57-55-6)20-22-34(32)45(27-15-9-13-19-41(51)56-47-39(49)24-25-40(47)50)36(42)16-10-7-11-17-37-43(3,4)33-29-31(60(52,53)54)21-23-35(33)46(37)26-14-8-12-18-38(48)44-5/h7,10-11,16-17,20-23,28-29H,8-9,12-15,18-19,24-27H2,1-6H3,(H-,44,48,52,53,54)/p+1. The van der Waals surface area contributed by atoms with Gasteiger partial charge < -0.3 is 15.1 Å². The summed E-state index contributed by atoms with van der Waals surface area (Å²) in [6.45, 7) is 9.69. The van der Waals surface area contributed by atoms with Gasteiger partial charge in [-0.15, -0.1) is 9.40 Å². The topological polar surface area (TPSA) is 181 Å². The van der Waals surface area contributed by atoms with E-state index < -0.39 is 38.7 Å². The van der Waals surface area contributed by atoms with Crippen LogP contribution < -0.4 is 10.2 Å². The van der Waals surface area contributed by atoms with Crippen LogP contribution in [0.1, 0.15) is 103 Å². The molecule has 1 saturated heterocycles. The molecule has 5 rings (SSSR count). The molecule has 0 aromatic heterocycles. The molecule has 0 atom stereocenters. The third kappa shape index (κ3) is 11.0. The van der Waals surface area contributed by atoms with Gasteiger partial charge in [-0.25, -0.2) is 9.68 Å². The predicted molar refractivity (Wildman–Crippen MR) is 225 cm³/mol. The van der Waals surface area contributed by atoms with Crippen LogP contribution in [0.3, 0.4) is 0 Å². The molecule has 3 aliphatic heterocycles. The molecule has 60 heavy (non-hydrogen) atoms. The number of carbonyl (C=O) groups is 4. The number of amides is 3. The Bertz CT molecular complexity index is 2180. The van der Waals surface area contributed by atoms with Gasteiger partial charge >= 0.3 is 5.97 Å². The van der Waals surface area contributed by atoms with Crippen LogP contribution in [0.2, 0.25) is 0 Å². The van der Waals surface area contributed by atoms with Gasteiger partial charge in [0, 0.05) is 85.1 Å². The van der Waals surface area contributed by atoms with E-state index in [1.165, 1.54) is 13.2 Å². The molecule has 2 N–H and O–H groups in total. The summed E-state index contributed by atoms with van der Waals surface area (Å²) in [6.07, 6.45) is 15.1. The van der Waals surface area contributed by atoms with E-state index >= 15 is 0 Å². The number of allylic oxidation sites excluding steroid dienone is 6. The van der Waals surface area contributed by atoms with E-state index in [1.54, 1.807) is 19.2 Å². The van der Waals surface area contributed by atoms with E-state index in [-0.39, 0.29) is 30.1 Å². The number of nitrogens with one attached hydrogen (secondary N) is 1. The van der Waals surface area contributed by atoms with Gasteiger partial charge in [0.25, 0.3) is 21.9 Å². The lowest BCUT2D eigenvalue weighted by atomic mass is 9.81. The highest BCUT2D eigenvalue weighted by atomic mass is 32.2. The zero-order chi connectivity index (χ0) is 43.7. The van der Waals surface area contributed by atoms with Gasteiger partial charge in [-0.3, -0.25) is 18.9 Å². The Labute approximate surface area is 356 Å². The van der Waals surface area contributed by atoms with Crippen molar-refractivity contribution < 1.29 is 55.8 Å². The number of rotatable bonds is 21. The quantitative estimate of drug-likeness (QED) is 0.0190. The van der Waals surface area contributed by atoms with Crippen molar-refractivity contribution in [1.82, 2.24) is 10.4 Å². The van der Waals surface area contributed by atoms with E-state index in [2.05, 4.69) is 50.7 Å². The number of hydrogen-bond donors (Lipinski definition) is 2. The van der Waals surface area contributed by atoms with E-state index in [9.17, 15) is 32.1 Å². The Kier molecular flexibility index (Phi) is 15.7. The minimum atomic E-state index is -4.40. The average Bonchev–Trinajstić information content (AvgIpc) is 3.71. The van der Waals surface area contributed by atoms with Crippen LogP contribution in [0.5, 0.6) is 0 Å². The summed E-state index contributed by atoms with van der Waals surface area (Å²) in [5.41, 5.74) is 4.82. The molecule has 3 amide bonds. The first-order chi connectivity index (χ1) is 28.5. The highest BCUT2D eigenvalue weighted by Crippen LogP contribution is 2.49. The molecular weight excluding hydrogens is 813 g/mol. The lowest BCUT2D eigenvalue weighted by Crippen LogP contribution is -2.31. The molecule has 3 aliphatic rings. The normalized spacial score (nSPS) is 17.8. The Morgan fingerprint density at radius 2 is 1.62 bits per heavy atom. The summed E-state index contributed by atoms with van der Waals surface area (Å²) >= 11 is 1.03. The zero-order valence-corrected chi connectivity index (χ0v) is 36.7. The highest BCUT2D eigenvalue weighted by molar-refractivity contribution is 7.94. The molecule has 2 aromatic carbocycles. The molecule has 0 radical (unpaired) electrons. The number of unbranched alkanes of at least 4 members (excludes halogenated alkanes) is 4. The van der Waals surface area contributed by atoms with Gasteiger partial charge in [-0.05, 0) is 81.5 Å². The largest absolute Gasteiger partial charge is 0.359 e. The minimum Gasteiger partial charge on any atom is -0.359 e. The lowest BCUT2D eigenvalue weighted by Gasteiger charge is -2.27. The summed E-state index contributed by atoms with van der Waals surface area (Å²) < 4.78 is 41.4. The van der Waals surface area contributed by atoms with Crippen molar-refractivity contribution in [1.29, 1.82) is 0 Å². The zero-order valence-electron chi connectivity index (χ0n) is 35.0. The smallest absolute Gasteiger partial charge is 0.333 e. The lowest BCUT2D eigenvalue weighted by molar-refractivity contribution is -0.447. The SMILES string of the molecule is CNC(=O)CCCCCN1C(=CC=CC=CC2=[N+](CCCCCC(=O)ON3C(=O)CCC3=O)c3ccc(SOOOC)cc3C2(C)C)C(C)(C)c2cc(S(=O)(=O)O)ccc21. The van der Waals surface area contributed by atoms with Crippen LogP contribution in [-0.2, 0) is 59.2 Å². The molecule has 1 fully saturated rings. The molecule has 0 spiro atoms. The average molecular weight is 868 g/mol. The molecule has 0 unspecified atom stereocenters. The number of fused-ring (bicyclic) bond motifs is 2. The molecule has 2 aromatic rings. The second-order valence-electron chi connectivity index (χ2n) is 15.8. The van der Waals surface area contributed by atoms with E-state index in [4.69, 9.17) is 9.17 Å². The summed E-state index contributed by atoms with van der Waals surface area (Å²) in [6, 6.07) is 10.8. The molecule has 0 aliphatic carbocycles. The number of imide groups is 1. The second-order valence-corrected chi connectivity index (χ2v) is 18.0. The molecule has 324 valence electrons. The Morgan fingerprint density at radius 1 is 0.900 bits per heavy atom. The van der Waals surface area contributed by atoms with Crippen LogP contribution in [0.4, 0.5) is 11.4 Å². The Morgan fingerprint density at radius 3 is 2.32 bits per heavy atom. The number of hydrogen-bond acceptors (Lipinski definition) is 12. The van der Waals surface area contributed by atoms with Crippen molar-refractivity contribution in [3.8, 4) is 0 Å². The first-order valence-corrected chi connectivity index (χ1v) is 22.2. The van der Waals surface area contributed by atoms with Gasteiger partial charge in [0.05, 0.1) is 29.5 Å². The molecule has 0 bridgehead atoms. The molecule has 0 saturated carbocycles. The maximum atomic E-state index is 12.4. The third-order valence-electron chi connectivity index (χ3n) is 11.0. The summed E-state index contributed by atoms with van der Waals surface area (Å²) in [4.78, 5) is 60.2. The summed E-state index contributed by atoms with van der Waals surface area (Å²) in [5.74, 6) is -1.61. The van der Waals surface area contributed by atoms with Crippen LogP contribution in [0.15, 0.2) is 82.3 Å². The van der Waals surface area contributed by atoms with Gasteiger partial charge in [-0.2, -0.15) is 13.0 Å². The van der Waals surface area contributed by atoms with Crippen LogP contribution in [0.25, 0.3) is 0 Å². The monoisotopic (exact) mass is 867 g/mol. The van der Waals surface area contributed by atoms with Crippen molar-refractivity contribution >= 4 is 62.9 Å². The van der Waals surface area contributed by atoms with Crippen molar-refractivity contribution in [2.45, 2.75) is 113 Å².